The van der Waals surface area contributed by atoms with Gasteiger partial charge in [0.2, 0.25) is 0 Å². The van der Waals surface area contributed by atoms with Gasteiger partial charge in [-0.25, -0.2) is 0 Å². The van der Waals surface area contributed by atoms with E-state index in [4.69, 9.17) is 10.0 Å². The van der Waals surface area contributed by atoms with Crippen LogP contribution in [0.25, 0.3) is 0 Å². The van der Waals surface area contributed by atoms with Gasteiger partial charge in [-0.1, -0.05) is 0 Å². The van der Waals surface area contributed by atoms with Crippen molar-refractivity contribution in [3.63, 3.8) is 0 Å². The van der Waals surface area contributed by atoms with E-state index in [1.165, 1.54) is 0 Å². The molecule has 0 saturated carbocycles. The Labute approximate surface area is 131 Å². The van der Waals surface area contributed by atoms with E-state index in [9.17, 15) is 26.3 Å². The summed E-state index contributed by atoms with van der Waals surface area (Å²) in [4.78, 5) is 0. The molecule has 4 N–H and O–H groups in total. The Bertz CT molecular complexity index is 404. The standard InChI is InChI=1S/C8H5BF6O3.Na.H2O.H/c10-7(11,12)4-1-5(8(13,14)15)3-6(2-4)18-9(16)17;;;/h1-3,16-17H;;1H2;. The zero-order valence-corrected chi connectivity index (χ0v) is 8.88. The molecule has 0 heterocycles. The Balaban J connectivity index is 0. The quantitative estimate of drug-likeness (QED) is 0.619. The molecule has 1 aromatic rings. The molecule has 0 fully saturated rings. The molecule has 0 radical (unpaired) electrons. The summed E-state index contributed by atoms with van der Waals surface area (Å²) in [5.41, 5.74) is -3.21. The number of alkyl halides is 6. The molecular formula is C8H8BF6NaO4. The molecule has 4 nitrogen and oxygen atoms in total. The predicted octanol–water partition coefficient (Wildman–Crippen LogP) is 0.599. The summed E-state index contributed by atoms with van der Waals surface area (Å²) in [6.45, 7) is 0. The van der Waals surface area contributed by atoms with Crippen LogP contribution < -0.4 is 4.65 Å². The molecule has 0 saturated heterocycles. The fourth-order valence-electron chi connectivity index (χ4n) is 1.12. The van der Waals surface area contributed by atoms with E-state index in [2.05, 4.69) is 4.65 Å². The van der Waals surface area contributed by atoms with Crippen molar-refractivity contribution in [1.82, 2.24) is 0 Å². The third-order valence-electron chi connectivity index (χ3n) is 1.80. The fraction of sp³-hybridized carbons (Fsp3) is 0.250. The van der Waals surface area contributed by atoms with E-state index in [0.29, 0.717) is 0 Å². The van der Waals surface area contributed by atoms with Crippen LogP contribution in [0.1, 0.15) is 11.1 Å². The van der Waals surface area contributed by atoms with Crippen LogP contribution in [0.15, 0.2) is 18.2 Å². The first-order chi connectivity index (χ1) is 8.00. The zero-order chi connectivity index (χ0) is 14.1. The van der Waals surface area contributed by atoms with Crippen LogP contribution in [0.5, 0.6) is 5.75 Å². The first-order valence-electron chi connectivity index (χ1n) is 4.32. The Hall–Kier alpha value is -0.455. The summed E-state index contributed by atoms with van der Waals surface area (Å²) in [7, 11) is -2.52. The van der Waals surface area contributed by atoms with Crippen molar-refractivity contribution in [1.29, 1.82) is 0 Å². The monoisotopic (exact) mass is 316 g/mol. The minimum atomic E-state index is -5.01. The van der Waals surface area contributed by atoms with E-state index in [1.807, 2.05) is 0 Å². The topological polar surface area (TPSA) is 81.2 Å². The van der Waals surface area contributed by atoms with Gasteiger partial charge in [0, 0.05) is 0 Å². The number of hydrogen-bond acceptors (Lipinski definition) is 3. The van der Waals surface area contributed by atoms with Crippen LogP contribution in [0.4, 0.5) is 26.3 Å². The summed E-state index contributed by atoms with van der Waals surface area (Å²) in [6, 6.07) is 0.361. The second-order valence-electron chi connectivity index (χ2n) is 3.19. The van der Waals surface area contributed by atoms with Gasteiger partial charge in [-0.05, 0) is 18.2 Å². The van der Waals surface area contributed by atoms with E-state index in [1.54, 1.807) is 0 Å². The van der Waals surface area contributed by atoms with Gasteiger partial charge in [0.05, 0.1) is 11.1 Å². The molecule has 0 bridgehead atoms. The molecule has 1 rings (SSSR count). The van der Waals surface area contributed by atoms with Crippen LogP contribution >= 0.6 is 0 Å². The van der Waals surface area contributed by atoms with E-state index in [0.717, 1.165) is 0 Å². The molecule has 0 atom stereocenters. The van der Waals surface area contributed by atoms with Gasteiger partial charge < -0.3 is 20.2 Å². The van der Waals surface area contributed by atoms with Crippen LogP contribution in [-0.4, -0.2) is 52.4 Å². The average Bonchev–Trinajstić information content (AvgIpc) is 2.13. The van der Waals surface area contributed by atoms with E-state index >= 15 is 0 Å². The van der Waals surface area contributed by atoms with Crippen LogP contribution in [0, 0.1) is 0 Å². The Morgan fingerprint density at radius 2 is 1.20 bits per heavy atom. The Morgan fingerprint density at radius 1 is 0.850 bits per heavy atom. The zero-order valence-electron chi connectivity index (χ0n) is 8.88. The minimum absolute atomic E-state index is 0. The van der Waals surface area contributed by atoms with Crippen LogP contribution in [0.3, 0.4) is 0 Å². The van der Waals surface area contributed by atoms with Crippen molar-refractivity contribution < 1.29 is 46.5 Å². The van der Waals surface area contributed by atoms with Gasteiger partial charge in [0.15, 0.2) is 0 Å². The number of benzene rings is 1. The first kappa shape index (κ1) is 21.8. The third kappa shape index (κ3) is 6.33. The molecule has 12 heteroatoms. The van der Waals surface area contributed by atoms with Crippen molar-refractivity contribution in [3.8, 4) is 5.75 Å². The van der Waals surface area contributed by atoms with Crippen molar-refractivity contribution in [2.75, 3.05) is 0 Å². The molecule has 0 amide bonds. The molecule has 110 valence electrons. The summed E-state index contributed by atoms with van der Waals surface area (Å²) in [6.07, 6.45) is -10.0. The normalized spacial score (nSPS) is 11.2. The molecule has 0 unspecified atom stereocenters. The molecule has 0 aliphatic heterocycles. The van der Waals surface area contributed by atoms with Gasteiger partial charge >= 0.3 is 49.2 Å². The second kappa shape index (κ2) is 7.52. The number of hydrogen-bond donors (Lipinski definition) is 2. The Kier molecular flexibility index (Phi) is 8.21. The molecular weight excluding hydrogens is 308 g/mol. The summed E-state index contributed by atoms with van der Waals surface area (Å²) in [5.74, 6) is -0.952. The second-order valence-corrected chi connectivity index (χ2v) is 3.19. The predicted molar refractivity (Wildman–Crippen MR) is 58.0 cm³/mol. The van der Waals surface area contributed by atoms with E-state index in [-0.39, 0.29) is 53.2 Å². The molecule has 1 aromatic carbocycles. The van der Waals surface area contributed by atoms with Crippen LogP contribution in [0.2, 0.25) is 0 Å². The first-order valence-corrected chi connectivity index (χ1v) is 4.32. The van der Waals surface area contributed by atoms with Gasteiger partial charge in [-0.3, -0.25) is 0 Å². The van der Waals surface area contributed by atoms with Gasteiger partial charge in [0.25, 0.3) is 0 Å². The molecule has 0 aromatic heterocycles. The van der Waals surface area contributed by atoms with Gasteiger partial charge in [-0.15, -0.1) is 0 Å². The molecule has 0 spiro atoms. The fourth-order valence-corrected chi connectivity index (χ4v) is 1.12. The number of halogens is 6. The van der Waals surface area contributed by atoms with Crippen LogP contribution in [-0.2, 0) is 12.4 Å². The van der Waals surface area contributed by atoms with Crippen molar-refractivity contribution >= 4 is 36.9 Å². The van der Waals surface area contributed by atoms with Crippen molar-refractivity contribution in [2.24, 2.45) is 0 Å². The summed E-state index contributed by atoms with van der Waals surface area (Å²) < 4.78 is 78.0. The molecule has 0 aliphatic rings. The van der Waals surface area contributed by atoms with Gasteiger partial charge in [0.1, 0.15) is 5.75 Å². The van der Waals surface area contributed by atoms with Gasteiger partial charge in [-0.2, -0.15) is 26.3 Å². The molecule has 0 aliphatic carbocycles. The van der Waals surface area contributed by atoms with E-state index < -0.39 is 36.6 Å². The number of rotatable bonds is 2. The maximum atomic E-state index is 12.3. The third-order valence-corrected chi connectivity index (χ3v) is 1.80. The summed E-state index contributed by atoms with van der Waals surface area (Å²) in [5, 5.41) is 16.7. The average molecular weight is 316 g/mol. The SMILES string of the molecule is O.OB(O)Oc1cc(C(F)(F)F)cc(C(F)(F)F)c1.[NaH]. The summed E-state index contributed by atoms with van der Waals surface area (Å²) >= 11 is 0. The Morgan fingerprint density at radius 3 is 1.45 bits per heavy atom. The maximum absolute atomic E-state index is 12.3. The van der Waals surface area contributed by atoms with Crippen molar-refractivity contribution in [3.05, 3.63) is 29.3 Å². The van der Waals surface area contributed by atoms with Crippen molar-refractivity contribution in [2.45, 2.75) is 12.4 Å². The molecule has 20 heavy (non-hydrogen) atoms.